The summed E-state index contributed by atoms with van der Waals surface area (Å²) in [4.78, 5) is 9.65. The first-order chi connectivity index (χ1) is 14.1. The van der Waals surface area contributed by atoms with Crippen LogP contribution in [0.1, 0.15) is 22.8 Å². The van der Waals surface area contributed by atoms with Gasteiger partial charge in [-0.2, -0.15) is 0 Å². The van der Waals surface area contributed by atoms with Crippen LogP contribution in [0.3, 0.4) is 0 Å². The number of guanidine groups is 1. The van der Waals surface area contributed by atoms with Crippen LogP contribution < -0.4 is 5.32 Å². The number of piperazine rings is 1. The number of aliphatic imine (C=N–C) groups is 1. The molecule has 2 aromatic rings. The molecule has 1 aromatic heterocycles. The number of aromatic nitrogens is 3. The van der Waals surface area contributed by atoms with Crippen molar-refractivity contribution in [2.75, 3.05) is 46.4 Å². The number of nitrogens with zero attached hydrogens (tertiary/aromatic N) is 6. The Morgan fingerprint density at radius 3 is 2.57 bits per heavy atom. The van der Waals surface area contributed by atoms with Crippen LogP contribution in [0.2, 0.25) is 0 Å². The summed E-state index contributed by atoms with van der Waals surface area (Å²) in [6.45, 7) is 10.9. The maximum Gasteiger partial charge on any atom is 0.194 e. The highest BCUT2D eigenvalue weighted by Crippen LogP contribution is 2.11. The topological polar surface area (TPSA) is 70.8 Å². The van der Waals surface area contributed by atoms with Gasteiger partial charge in [-0.15, -0.1) is 34.2 Å². The molecule has 1 fully saturated rings. The normalized spacial score (nSPS) is 15.2. The molecule has 0 atom stereocenters. The average molecular weight is 527 g/mol. The summed E-state index contributed by atoms with van der Waals surface area (Å²) in [6, 6.07) is 8.77. The minimum Gasteiger partial charge on any atom is -0.383 e. The van der Waals surface area contributed by atoms with Crippen molar-refractivity contribution in [1.29, 1.82) is 0 Å². The van der Waals surface area contributed by atoms with Gasteiger partial charge in [0.05, 0.1) is 6.61 Å². The molecule has 0 aliphatic carbocycles. The predicted molar refractivity (Wildman–Crippen MR) is 130 cm³/mol. The van der Waals surface area contributed by atoms with Gasteiger partial charge in [-0.3, -0.25) is 4.90 Å². The van der Waals surface area contributed by atoms with Crippen molar-refractivity contribution < 1.29 is 4.74 Å². The van der Waals surface area contributed by atoms with Gasteiger partial charge in [-0.25, -0.2) is 4.99 Å². The Morgan fingerprint density at radius 2 is 1.93 bits per heavy atom. The monoisotopic (exact) mass is 527 g/mol. The van der Waals surface area contributed by atoms with Gasteiger partial charge in [0.15, 0.2) is 11.8 Å². The van der Waals surface area contributed by atoms with E-state index in [0.717, 1.165) is 56.9 Å². The van der Waals surface area contributed by atoms with Crippen molar-refractivity contribution in [2.45, 2.75) is 26.9 Å². The van der Waals surface area contributed by atoms with Crippen LogP contribution in [0.15, 0.2) is 29.3 Å². The van der Waals surface area contributed by atoms with Crippen LogP contribution in [0, 0.1) is 13.8 Å². The fourth-order valence-corrected chi connectivity index (χ4v) is 3.45. The molecule has 166 valence electrons. The molecule has 1 saturated heterocycles. The average Bonchev–Trinajstić information content (AvgIpc) is 3.03. The van der Waals surface area contributed by atoms with Gasteiger partial charge in [-0.05, 0) is 19.4 Å². The Hall–Kier alpha value is -1.72. The van der Waals surface area contributed by atoms with E-state index in [0.29, 0.717) is 13.2 Å². The molecule has 1 N–H and O–H groups in total. The number of rotatable bonds is 7. The van der Waals surface area contributed by atoms with Crippen molar-refractivity contribution in [3.8, 4) is 0 Å². The molecule has 30 heavy (non-hydrogen) atoms. The molecule has 0 unspecified atom stereocenters. The third kappa shape index (κ3) is 6.92. The van der Waals surface area contributed by atoms with Crippen molar-refractivity contribution in [2.24, 2.45) is 12.0 Å². The lowest BCUT2D eigenvalue weighted by atomic mass is 10.1. The van der Waals surface area contributed by atoms with Gasteiger partial charge in [0.2, 0.25) is 0 Å². The number of benzene rings is 1. The Balaban J connectivity index is 0.00000320. The summed E-state index contributed by atoms with van der Waals surface area (Å²) in [5.74, 6) is 2.68. The van der Waals surface area contributed by atoms with E-state index in [1.165, 1.54) is 11.1 Å². The lowest BCUT2D eigenvalue weighted by Crippen LogP contribution is -2.52. The van der Waals surface area contributed by atoms with Crippen LogP contribution in [0.5, 0.6) is 0 Å². The summed E-state index contributed by atoms with van der Waals surface area (Å²) in [5, 5.41) is 11.8. The summed E-state index contributed by atoms with van der Waals surface area (Å²) in [7, 11) is 3.69. The molecule has 1 aromatic carbocycles. The first-order valence-electron chi connectivity index (χ1n) is 10.2. The van der Waals surface area contributed by atoms with Crippen LogP contribution in [-0.4, -0.2) is 77.0 Å². The fraction of sp³-hybridized carbons (Fsp3) is 0.571. The van der Waals surface area contributed by atoms with Crippen LogP contribution in [0.4, 0.5) is 0 Å². The zero-order valence-corrected chi connectivity index (χ0v) is 20.8. The molecule has 9 heteroatoms. The minimum absolute atomic E-state index is 0. The molecular weight excluding hydrogens is 493 g/mol. The van der Waals surface area contributed by atoms with E-state index in [-0.39, 0.29) is 24.0 Å². The smallest absolute Gasteiger partial charge is 0.194 e. The van der Waals surface area contributed by atoms with Gasteiger partial charge < -0.3 is 19.5 Å². The number of hydrogen-bond acceptors (Lipinski definition) is 5. The number of aryl methyl sites for hydroxylation is 2. The van der Waals surface area contributed by atoms with Crippen molar-refractivity contribution in [3.63, 3.8) is 0 Å². The maximum absolute atomic E-state index is 5.19. The zero-order valence-electron chi connectivity index (χ0n) is 18.5. The van der Waals surface area contributed by atoms with E-state index in [2.05, 4.69) is 56.5 Å². The maximum atomic E-state index is 5.19. The van der Waals surface area contributed by atoms with E-state index in [9.17, 15) is 0 Å². The Labute approximate surface area is 196 Å². The Morgan fingerprint density at radius 1 is 1.17 bits per heavy atom. The van der Waals surface area contributed by atoms with Crippen LogP contribution in [0.25, 0.3) is 0 Å². The molecular formula is C21H34IN7O. The number of halogens is 1. The molecule has 0 spiro atoms. The Bertz CT molecular complexity index is 815. The van der Waals surface area contributed by atoms with E-state index < -0.39 is 0 Å². The number of ether oxygens (including phenoxy) is 1. The molecule has 0 saturated carbocycles. The molecule has 0 bridgehead atoms. The molecule has 0 amide bonds. The highest BCUT2D eigenvalue weighted by molar-refractivity contribution is 14.0. The molecule has 1 aliphatic rings. The lowest BCUT2D eigenvalue weighted by Gasteiger charge is -2.36. The van der Waals surface area contributed by atoms with E-state index in [1.54, 1.807) is 7.11 Å². The summed E-state index contributed by atoms with van der Waals surface area (Å²) in [6.07, 6.45) is 0. The second-order valence-electron chi connectivity index (χ2n) is 7.53. The van der Waals surface area contributed by atoms with Crippen LogP contribution in [-0.2, 0) is 24.9 Å². The summed E-state index contributed by atoms with van der Waals surface area (Å²) < 4.78 is 7.17. The summed E-state index contributed by atoms with van der Waals surface area (Å²) >= 11 is 0. The van der Waals surface area contributed by atoms with E-state index in [4.69, 9.17) is 9.73 Å². The molecule has 2 heterocycles. The number of hydrogen-bond donors (Lipinski definition) is 1. The second kappa shape index (κ2) is 12.2. The zero-order chi connectivity index (χ0) is 20.6. The molecule has 0 radical (unpaired) electrons. The second-order valence-corrected chi connectivity index (χ2v) is 7.53. The summed E-state index contributed by atoms with van der Waals surface area (Å²) in [5.41, 5.74) is 2.69. The minimum atomic E-state index is 0. The van der Waals surface area contributed by atoms with Crippen LogP contribution >= 0.6 is 24.0 Å². The lowest BCUT2D eigenvalue weighted by molar-refractivity contribution is 0.169. The van der Waals surface area contributed by atoms with Gasteiger partial charge in [0.25, 0.3) is 0 Å². The third-order valence-electron chi connectivity index (χ3n) is 5.30. The first-order valence-corrected chi connectivity index (χ1v) is 10.2. The van der Waals surface area contributed by atoms with Gasteiger partial charge >= 0.3 is 0 Å². The first kappa shape index (κ1) is 24.5. The molecule has 3 rings (SSSR count). The largest absolute Gasteiger partial charge is 0.383 e. The van der Waals surface area contributed by atoms with Crippen molar-refractivity contribution in [1.82, 2.24) is 29.9 Å². The quantitative estimate of drug-likeness (QED) is 0.257. The highest BCUT2D eigenvalue weighted by atomic mass is 127. The van der Waals surface area contributed by atoms with E-state index in [1.807, 2.05) is 18.5 Å². The molecule has 1 aliphatic heterocycles. The standard InChI is InChI=1S/C21H33N7O.HI/c1-17-6-5-7-19(14-17)16-27-9-11-28(12-10-27)21(22-8-13-29-4)23-15-20-25-24-18(2)26(20)3;/h5-7,14H,8-13,15-16H2,1-4H3,(H,22,23);1H. The Kier molecular flexibility index (Phi) is 9.99. The number of methoxy groups -OCH3 is 1. The SMILES string of the molecule is COCCNC(=NCc1nnc(C)n1C)N1CCN(Cc2cccc(C)c2)CC1.I. The fourth-order valence-electron chi connectivity index (χ4n) is 3.45. The predicted octanol–water partition coefficient (Wildman–Crippen LogP) is 1.96. The highest BCUT2D eigenvalue weighted by Gasteiger charge is 2.20. The third-order valence-corrected chi connectivity index (χ3v) is 5.30. The van der Waals surface area contributed by atoms with Gasteiger partial charge in [0.1, 0.15) is 12.4 Å². The van der Waals surface area contributed by atoms with Gasteiger partial charge in [0, 0.05) is 53.4 Å². The van der Waals surface area contributed by atoms with E-state index >= 15 is 0 Å². The van der Waals surface area contributed by atoms with Gasteiger partial charge in [-0.1, -0.05) is 29.8 Å². The number of nitrogens with one attached hydrogen (secondary N) is 1. The molecule has 8 nitrogen and oxygen atoms in total. The van der Waals surface area contributed by atoms with Crippen molar-refractivity contribution >= 4 is 29.9 Å². The van der Waals surface area contributed by atoms with Crippen molar-refractivity contribution in [3.05, 3.63) is 47.0 Å².